The quantitative estimate of drug-likeness (QED) is 0.623. The lowest BCUT2D eigenvalue weighted by molar-refractivity contribution is 0.0998. The molecule has 3 aromatic rings. The summed E-state index contributed by atoms with van der Waals surface area (Å²) < 4.78 is 38.1. The minimum absolute atomic E-state index is 0.0186. The first-order valence-corrected chi connectivity index (χ1v) is 11.3. The molecule has 1 fully saturated rings. The van der Waals surface area contributed by atoms with Crippen LogP contribution < -0.4 is 10.1 Å². The molecule has 0 bridgehead atoms. The maximum Gasteiger partial charge on any atom is 0.291 e. The first-order chi connectivity index (χ1) is 14.3. The first-order valence-electron chi connectivity index (χ1n) is 9.49. The molecular formula is C21H21ClN2O5S. The van der Waals surface area contributed by atoms with Crippen LogP contribution in [0.2, 0.25) is 5.02 Å². The van der Waals surface area contributed by atoms with Crippen molar-refractivity contribution in [1.29, 1.82) is 0 Å². The normalized spacial score (nSPS) is 14.9. The van der Waals surface area contributed by atoms with Crippen molar-refractivity contribution in [1.82, 2.24) is 4.31 Å². The number of methoxy groups -OCH3 is 1. The average molecular weight is 449 g/mol. The van der Waals surface area contributed by atoms with Gasteiger partial charge in [-0.25, -0.2) is 8.42 Å². The van der Waals surface area contributed by atoms with Crippen LogP contribution >= 0.6 is 11.6 Å². The predicted octanol–water partition coefficient (Wildman–Crippen LogP) is 4.44. The third-order valence-corrected chi connectivity index (χ3v) is 7.60. The summed E-state index contributed by atoms with van der Waals surface area (Å²) in [6.45, 7) is 2.72. The van der Waals surface area contributed by atoms with Crippen molar-refractivity contribution >= 4 is 44.2 Å². The van der Waals surface area contributed by atoms with E-state index in [1.165, 1.54) is 16.4 Å². The van der Waals surface area contributed by atoms with E-state index in [9.17, 15) is 13.2 Å². The largest absolute Gasteiger partial charge is 0.497 e. The number of nitrogens with zero attached hydrogens (tertiary/aromatic N) is 1. The fourth-order valence-electron chi connectivity index (χ4n) is 3.58. The highest BCUT2D eigenvalue weighted by molar-refractivity contribution is 7.89. The Hall–Kier alpha value is -2.55. The van der Waals surface area contributed by atoms with Crippen LogP contribution in [0.15, 0.2) is 45.7 Å². The van der Waals surface area contributed by atoms with Crippen molar-refractivity contribution in [3.8, 4) is 5.75 Å². The minimum atomic E-state index is -3.72. The Kier molecular flexibility index (Phi) is 5.48. The molecule has 1 N–H and O–H groups in total. The number of nitrogens with one attached hydrogen (secondary N) is 1. The number of carbonyl (C=O) groups excluding carboxylic acids is 1. The Morgan fingerprint density at radius 2 is 1.90 bits per heavy atom. The highest BCUT2D eigenvalue weighted by atomic mass is 35.5. The Balaban J connectivity index is 1.64. The average Bonchev–Trinajstić information content (AvgIpc) is 3.38. The zero-order valence-corrected chi connectivity index (χ0v) is 18.1. The molecule has 1 aliphatic heterocycles. The number of hydrogen-bond donors (Lipinski definition) is 1. The van der Waals surface area contributed by atoms with Gasteiger partial charge in [0.25, 0.3) is 5.91 Å². The molecule has 30 heavy (non-hydrogen) atoms. The van der Waals surface area contributed by atoms with E-state index in [4.69, 9.17) is 20.8 Å². The van der Waals surface area contributed by atoms with Gasteiger partial charge in [0.1, 0.15) is 16.2 Å². The number of aryl methyl sites for hydroxylation is 1. The van der Waals surface area contributed by atoms with E-state index >= 15 is 0 Å². The van der Waals surface area contributed by atoms with E-state index in [1.54, 1.807) is 38.3 Å². The van der Waals surface area contributed by atoms with Gasteiger partial charge in [-0.3, -0.25) is 4.79 Å². The van der Waals surface area contributed by atoms with Gasteiger partial charge >= 0.3 is 0 Å². The monoisotopic (exact) mass is 448 g/mol. The molecule has 0 spiro atoms. The van der Waals surface area contributed by atoms with Crippen LogP contribution in [0.5, 0.6) is 5.75 Å². The highest BCUT2D eigenvalue weighted by Crippen LogP contribution is 2.32. The number of carbonyl (C=O) groups is 1. The molecule has 1 aromatic heterocycles. The SMILES string of the molecule is COc1ccc2oc(C(=O)Nc3ccc(Cl)c(S(=O)(=O)N4CCCC4)c3)c(C)c2c1. The van der Waals surface area contributed by atoms with Crippen LogP contribution in [0.1, 0.15) is 29.0 Å². The Morgan fingerprint density at radius 3 is 2.60 bits per heavy atom. The number of ether oxygens (including phenoxy) is 1. The Bertz CT molecular complexity index is 1230. The molecule has 0 radical (unpaired) electrons. The van der Waals surface area contributed by atoms with Crippen molar-refractivity contribution in [3.05, 3.63) is 52.7 Å². The molecule has 1 amide bonds. The van der Waals surface area contributed by atoms with Gasteiger partial charge in [-0.15, -0.1) is 0 Å². The van der Waals surface area contributed by atoms with E-state index in [-0.39, 0.29) is 15.7 Å². The summed E-state index contributed by atoms with van der Waals surface area (Å²) in [5.41, 5.74) is 1.55. The second-order valence-electron chi connectivity index (χ2n) is 7.13. The number of halogens is 1. The van der Waals surface area contributed by atoms with Crippen molar-refractivity contribution in [2.45, 2.75) is 24.7 Å². The topological polar surface area (TPSA) is 88.8 Å². The summed E-state index contributed by atoms with van der Waals surface area (Å²) in [6, 6.07) is 9.70. The zero-order valence-electron chi connectivity index (χ0n) is 16.6. The molecule has 4 rings (SSSR count). The predicted molar refractivity (Wildman–Crippen MR) is 115 cm³/mol. The van der Waals surface area contributed by atoms with Crippen molar-refractivity contribution < 1.29 is 22.4 Å². The molecule has 158 valence electrons. The molecule has 9 heteroatoms. The van der Waals surface area contributed by atoms with Gasteiger partial charge in [-0.1, -0.05) is 11.6 Å². The second-order valence-corrected chi connectivity index (χ2v) is 9.44. The molecule has 2 heterocycles. The Labute approximate surface area is 179 Å². The van der Waals surface area contributed by atoms with Crippen LogP contribution in [0.4, 0.5) is 5.69 Å². The summed E-state index contributed by atoms with van der Waals surface area (Å²) in [5.74, 6) is 0.333. The van der Waals surface area contributed by atoms with E-state index in [0.717, 1.165) is 18.2 Å². The summed E-state index contributed by atoms with van der Waals surface area (Å²) in [4.78, 5) is 12.8. The smallest absolute Gasteiger partial charge is 0.291 e. The van der Waals surface area contributed by atoms with Gasteiger partial charge < -0.3 is 14.5 Å². The fraction of sp³-hybridized carbons (Fsp3) is 0.286. The van der Waals surface area contributed by atoms with E-state index in [0.29, 0.717) is 35.7 Å². The van der Waals surface area contributed by atoms with E-state index in [2.05, 4.69) is 5.32 Å². The van der Waals surface area contributed by atoms with Crippen LogP contribution in [-0.4, -0.2) is 38.8 Å². The Morgan fingerprint density at radius 1 is 1.17 bits per heavy atom. The molecule has 1 saturated heterocycles. The highest BCUT2D eigenvalue weighted by Gasteiger charge is 2.29. The molecule has 1 aliphatic rings. The van der Waals surface area contributed by atoms with Crippen LogP contribution in [0.3, 0.4) is 0 Å². The zero-order chi connectivity index (χ0) is 21.5. The lowest BCUT2D eigenvalue weighted by Gasteiger charge is -2.17. The first kappa shape index (κ1) is 20.7. The van der Waals surface area contributed by atoms with Gasteiger partial charge in [0.2, 0.25) is 10.0 Å². The third kappa shape index (κ3) is 3.66. The summed E-state index contributed by atoms with van der Waals surface area (Å²) >= 11 is 6.17. The standard InChI is InChI=1S/C21H21ClN2O5S/c1-13-16-12-15(28-2)6-8-18(16)29-20(13)21(25)23-14-5-7-17(22)19(11-14)30(26,27)24-9-3-4-10-24/h5-8,11-12H,3-4,9-10H2,1-2H3,(H,23,25). The van der Waals surface area contributed by atoms with Crippen molar-refractivity contribution in [3.63, 3.8) is 0 Å². The number of benzene rings is 2. The van der Waals surface area contributed by atoms with E-state index < -0.39 is 15.9 Å². The van der Waals surface area contributed by atoms with Crippen LogP contribution in [0.25, 0.3) is 11.0 Å². The van der Waals surface area contributed by atoms with Crippen LogP contribution in [0, 0.1) is 6.92 Å². The van der Waals surface area contributed by atoms with Gasteiger partial charge in [-0.05, 0) is 56.2 Å². The number of anilines is 1. The summed E-state index contributed by atoms with van der Waals surface area (Å²) in [5, 5.41) is 3.60. The van der Waals surface area contributed by atoms with Crippen molar-refractivity contribution in [2.24, 2.45) is 0 Å². The van der Waals surface area contributed by atoms with E-state index in [1.807, 2.05) is 0 Å². The van der Waals surface area contributed by atoms with Gasteiger partial charge in [0, 0.05) is 29.7 Å². The van der Waals surface area contributed by atoms with Gasteiger partial charge in [0.05, 0.1) is 12.1 Å². The van der Waals surface area contributed by atoms with Gasteiger partial charge in [-0.2, -0.15) is 4.31 Å². The number of furan rings is 1. The van der Waals surface area contributed by atoms with Crippen molar-refractivity contribution in [2.75, 3.05) is 25.5 Å². The molecule has 0 saturated carbocycles. The maximum absolute atomic E-state index is 12.9. The van der Waals surface area contributed by atoms with Crippen LogP contribution in [-0.2, 0) is 10.0 Å². The number of rotatable bonds is 5. The number of amides is 1. The molecule has 2 aromatic carbocycles. The molecule has 7 nitrogen and oxygen atoms in total. The molecule has 0 aliphatic carbocycles. The molecule has 0 unspecified atom stereocenters. The third-order valence-electron chi connectivity index (χ3n) is 5.22. The number of sulfonamides is 1. The number of fused-ring (bicyclic) bond motifs is 1. The van der Waals surface area contributed by atoms with Gasteiger partial charge in [0.15, 0.2) is 5.76 Å². The number of hydrogen-bond acceptors (Lipinski definition) is 5. The fourth-order valence-corrected chi connectivity index (χ4v) is 5.60. The summed E-state index contributed by atoms with van der Waals surface area (Å²) in [7, 11) is -2.15. The summed E-state index contributed by atoms with van der Waals surface area (Å²) in [6.07, 6.45) is 1.65. The lowest BCUT2D eigenvalue weighted by Crippen LogP contribution is -2.28. The molecular weight excluding hydrogens is 428 g/mol. The lowest BCUT2D eigenvalue weighted by atomic mass is 10.1. The minimum Gasteiger partial charge on any atom is -0.497 e. The maximum atomic E-state index is 12.9. The molecule has 0 atom stereocenters. The second kappa shape index (κ2) is 7.94.